The Morgan fingerprint density at radius 1 is 1.16 bits per heavy atom. The van der Waals surface area contributed by atoms with Crippen LogP contribution in [0.15, 0.2) is 42.5 Å². The second kappa shape index (κ2) is 10.7. The van der Waals surface area contributed by atoms with Crippen LogP contribution in [0.5, 0.6) is 0 Å². The molecule has 1 aliphatic rings. The Labute approximate surface area is 194 Å². The molecule has 10 heteroatoms. The molecule has 0 bridgehead atoms. The number of halogens is 1. The summed E-state index contributed by atoms with van der Waals surface area (Å²) in [6.45, 7) is 2.00. The van der Waals surface area contributed by atoms with Crippen LogP contribution < -0.4 is 16.4 Å². The molecule has 0 amide bonds. The maximum atomic E-state index is 12.0. The number of hydrogen-bond acceptors (Lipinski definition) is 6. The number of aliphatic carboxylic acids is 1. The number of amidine groups is 1. The maximum Gasteiger partial charge on any atom is 0.330 e. The van der Waals surface area contributed by atoms with Gasteiger partial charge in [-0.1, -0.05) is 13.0 Å². The lowest BCUT2D eigenvalue weighted by atomic mass is 10.00. The van der Waals surface area contributed by atoms with E-state index in [2.05, 4.69) is 10.6 Å². The molecule has 0 aromatic heterocycles. The normalized spacial score (nSPS) is 16.4. The maximum absolute atomic E-state index is 12.0. The molecule has 1 aliphatic heterocycles. The molecule has 0 aliphatic carbocycles. The first-order valence-electron chi connectivity index (χ1n) is 10.2. The number of nitrogens with two attached hydrogens (primary N) is 1. The first kappa shape index (κ1) is 25.5. The molecule has 8 nitrogen and oxygen atoms in total. The molecular formula is C22H29ClN4O4S. The van der Waals surface area contributed by atoms with Crippen LogP contribution in [0.2, 0.25) is 0 Å². The van der Waals surface area contributed by atoms with E-state index in [1.54, 1.807) is 30.3 Å². The van der Waals surface area contributed by atoms with Gasteiger partial charge in [-0.15, -0.1) is 12.4 Å². The molecule has 2 aromatic rings. The van der Waals surface area contributed by atoms with E-state index in [0.29, 0.717) is 29.7 Å². The molecule has 1 saturated heterocycles. The number of carboxylic acid groups (broad SMARTS) is 1. The van der Waals surface area contributed by atoms with E-state index in [0.717, 1.165) is 17.7 Å². The van der Waals surface area contributed by atoms with Crippen molar-refractivity contribution in [2.75, 3.05) is 22.1 Å². The highest BCUT2D eigenvalue weighted by Gasteiger charge is 2.25. The third-order valence-corrected chi connectivity index (χ3v) is 7.15. The summed E-state index contributed by atoms with van der Waals surface area (Å²) in [6.07, 6.45) is 1.81. The Morgan fingerprint density at radius 3 is 2.31 bits per heavy atom. The first-order valence-corrected chi connectivity index (χ1v) is 12.0. The number of carbonyl (C=O) groups is 1. The van der Waals surface area contributed by atoms with E-state index < -0.39 is 21.8 Å². The molecule has 6 N–H and O–H groups in total. The Kier molecular flexibility index (Phi) is 8.51. The van der Waals surface area contributed by atoms with Crippen LogP contribution in [-0.4, -0.2) is 42.9 Å². The van der Waals surface area contributed by atoms with Gasteiger partial charge < -0.3 is 21.5 Å². The van der Waals surface area contributed by atoms with Crippen LogP contribution in [0.3, 0.4) is 0 Å². The molecule has 0 spiro atoms. The van der Waals surface area contributed by atoms with Crippen molar-refractivity contribution in [3.63, 3.8) is 0 Å². The van der Waals surface area contributed by atoms with Gasteiger partial charge in [-0.3, -0.25) is 5.41 Å². The van der Waals surface area contributed by atoms with Gasteiger partial charge in [0, 0.05) is 23.0 Å². The average Bonchev–Trinajstić information content (AvgIpc) is 2.73. The van der Waals surface area contributed by atoms with Crippen molar-refractivity contribution in [1.29, 1.82) is 5.41 Å². The Morgan fingerprint density at radius 2 is 1.78 bits per heavy atom. The molecule has 32 heavy (non-hydrogen) atoms. The lowest BCUT2D eigenvalue weighted by Crippen LogP contribution is -2.32. The Bertz CT molecular complexity index is 1060. The van der Waals surface area contributed by atoms with E-state index >= 15 is 0 Å². The van der Waals surface area contributed by atoms with Gasteiger partial charge in [0.1, 0.15) is 15.7 Å². The molecule has 3 rings (SSSR count). The number of aryl methyl sites for hydroxylation is 1. The minimum atomic E-state index is -2.95. The number of nitrogens with one attached hydrogen (secondary N) is 3. The van der Waals surface area contributed by atoms with Crippen molar-refractivity contribution in [2.24, 2.45) is 5.73 Å². The fourth-order valence-electron chi connectivity index (χ4n) is 3.64. The van der Waals surface area contributed by atoms with Crippen LogP contribution in [0.25, 0.3) is 0 Å². The van der Waals surface area contributed by atoms with Gasteiger partial charge in [-0.05, 0) is 66.8 Å². The summed E-state index contributed by atoms with van der Waals surface area (Å²) >= 11 is 0. The summed E-state index contributed by atoms with van der Waals surface area (Å²) in [5, 5.41) is 23.8. The van der Waals surface area contributed by atoms with Gasteiger partial charge in [0.15, 0.2) is 6.04 Å². The number of sulfone groups is 1. The highest BCUT2D eigenvalue weighted by molar-refractivity contribution is 7.91. The molecule has 174 valence electrons. The number of benzene rings is 2. The van der Waals surface area contributed by atoms with Crippen LogP contribution in [-0.2, 0) is 21.1 Å². The lowest BCUT2D eigenvalue weighted by Gasteiger charge is -2.25. The summed E-state index contributed by atoms with van der Waals surface area (Å²) in [7, 11) is -2.95. The topological polar surface area (TPSA) is 145 Å². The molecule has 1 fully saturated rings. The summed E-state index contributed by atoms with van der Waals surface area (Å²) in [5.74, 6) is -0.733. The second-order valence-electron chi connectivity index (χ2n) is 7.79. The molecule has 1 heterocycles. The molecule has 1 unspecified atom stereocenters. The van der Waals surface area contributed by atoms with Gasteiger partial charge >= 0.3 is 5.97 Å². The smallest absolute Gasteiger partial charge is 0.330 e. The van der Waals surface area contributed by atoms with Crippen LogP contribution in [0.1, 0.15) is 42.5 Å². The summed E-state index contributed by atoms with van der Waals surface area (Å²) in [6, 6.07) is 11.4. The Balaban J connectivity index is 0.00000363. The molecule has 1 atom stereocenters. The summed E-state index contributed by atoms with van der Waals surface area (Å²) in [5.41, 5.74) is 9.02. The van der Waals surface area contributed by atoms with E-state index in [1.165, 1.54) is 0 Å². The first-order chi connectivity index (χ1) is 14.7. The van der Waals surface area contributed by atoms with Crippen LogP contribution in [0.4, 0.5) is 11.4 Å². The number of anilines is 2. The molecule has 2 aromatic carbocycles. The number of carboxylic acids is 1. The lowest BCUT2D eigenvalue weighted by molar-refractivity contribution is -0.138. The van der Waals surface area contributed by atoms with E-state index in [9.17, 15) is 18.3 Å². The fraction of sp³-hybridized carbons (Fsp3) is 0.364. The van der Waals surface area contributed by atoms with Crippen molar-refractivity contribution in [3.8, 4) is 0 Å². The minimum absolute atomic E-state index is 0. The second-order valence-corrected chi connectivity index (χ2v) is 10.1. The summed E-state index contributed by atoms with van der Waals surface area (Å²) < 4.78 is 23.4. The molecular weight excluding hydrogens is 452 g/mol. The Hall–Kier alpha value is -2.78. The number of rotatable bonds is 8. The third kappa shape index (κ3) is 6.61. The number of nitrogen functional groups attached to an aromatic ring is 1. The van der Waals surface area contributed by atoms with Crippen LogP contribution >= 0.6 is 12.4 Å². The highest BCUT2D eigenvalue weighted by atomic mass is 35.5. The fourth-order valence-corrected chi connectivity index (χ4v) is 5.13. The monoisotopic (exact) mass is 480 g/mol. The minimum Gasteiger partial charge on any atom is -0.479 e. The van der Waals surface area contributed by atoms with Crippen molar-refractivity contribution in [1.82, 2.24) is 0 Å². The zero-order valence-electron chi connectivity index (χ0n) is 17.8. The van der Waals surface area contributed by atoms with Gasteiger partial charge in [-0.2, -0.15) is 0 Å². The number of hydrogen-bond donors (Lipinski definition) is 5. The van der Waals surface area contributed by atoms with E-state index in [4.69, 9.17) is 11.1 Å². The highest BCUT2D eigenvalue weighted by Crippen LogP contribution is 2.27. The van der Waals surface area contributed by atoms with E-state index in [1.807, 2.05) is 19.1 Å². The van der Waals surface area contributed by atoms with Crippen molar-refractivity contribution < 1.29 is 18.3 Å². The van der Waals surface area contributed by atoms with Crippen molar-refractivity contribution >= 4 is 45.4 Å². The van der Waals surface area contributed by atoms with Gasteiger partial charge in [0.2, 0.25) is 0 Å². The van der Waals surface area contributed by atoms with Crippen LogP contribution in [0, 0.1) is 5.41 Å². The third-order valence-electron chi connectivity index (χ3n) is 5.44. The van der Waals surface area contributed by atoms with Gasteiger partial charge in [-0.25, -0.2) is 13.2 Å². The molecule has 0 saturated carbocycles. The zero-order valence-corrected chi connectivity index (χ0v) is 19.4. The van der Waals surface area contributed by atoms with Crippen molar-refractivity contribution in [3.05, 3.63) is 59.2 Å². The quantitative estimate of drug-likeness (QED) is 0.288. The molecule has 0 radical (unpaired) electrons. The van der Waals surface area contributed by atoms with E-state index in [-0.39, 0.29) is 35.8 Å². The summed E-state index contributed by atoms with van der Waals surface area (Å²) in [4.78, 5) is 12.0. The average molecular weight is 481 g/mol. The standard InChI is InChI=1S/C22H28N4O4S.ClH/c1-2-14-11-16(13-19(12-14)25-18-7-9-31(29,30)10-8-18)20(22(27)28)26-17-5-3-15(4-6-17)21(23)24;/h3-6,11-13,18,20,25-26H,2,7-10H2,1H3,(H3,23,24)(H,27,28);1H. The zero-order chi connectivity index (χ0) is 22.6. The predicted molar refractivity (Wildman–Crippen MR) is 130 cm³/mol. The van der Waals surface area contributed by atoms with Gasteiger partial charge in [0.05, 0.1) is 11.5 Å². The SMILES string of the molecule is CCc1cc(NC2CCS(=O)(=O)CC2)cc(C(Nc2ccc(C(=N)N)cc2)C(=O)O)c1.Cl. The van der Waals surface area contributed by atoms with Crippen molar-refractivity contribution in [2.45, 2.75) is 38.3 Å². The predicted octanol–water partition coefficient (Wildman–Crippen LogP) is 3.18. The van der Waals surface area contributed by atoms with Gasteiger partial charge in [0.25, 0.3) is 0 Å². The largest absolute Gasteiger partial charge is 0.479 e.